The van der Waals surface area contributed by atoms with Crippen molar-refractivity contribution in [2.45, 2.75) is 20.3 Å². The minimum Gasteiger partial charge on any atom is -0.321 e. The molecule has 0 bridgehead atoms. The van der Waals surface area contributed by atoms with Crippen molar-refractivity contribution in [1.29, 1.82) is 0 Å². The molecule has 6 nitrogen and oxygen atoms in total. The van der Waals surface area contributed by atoms with Crippen molar-refractivity contribution < 1.29 is 9.59 Å². The molecule has 0 saturated carbocycles. The fourth-order valence-electron chi connectivity index (χ4n) is 3.38. The number of hydrogen-bond donors (Lipinski definition) is 1. The number of carbonyl (C=O) groups is 2. The van der Waals surface area contributed by atoms with E-state index in [1.165, 1.54) is 0 Å². The molecule has 1 N–H and O–H groups in total. The number of rotatable bonds is 3. The van der Waals surface area contributed by atoms with Crippen LogP contribution in [0.25, 0.3) is 5.65 Å². The number of carbonyl (C=O) groups excluding carboxylic acids is 2. The number of aryl methyl sites for hydroxylation is 1. The van der Waals surface area contributed by atoms with Gasteiger partial charge in [0.05, 0.1) is 12.1 Å². The van der Waals surface area contributed by atoms with Gasteiger partial charge < -0.3 is 10.2 Å². The normalized spacial score (nSPS) is 13.4. The maximum absolute atomic E-state index is 12.7. The van der Waals surface area contributed by atoms with E-state index in [0.717, 1.165) is 16.9 Å². The number of aromatic nitrogens is 2. The molecule has 3 heterocycles. The highest BCUT2D eigenvalue weighted by Gasteiger charge is 2.26. The van der Waals surface area contributed by atoms with Gasteiger partial charge in [0, 0.05) is 24.1 Å². The Morgan fingerprint density at radius 3 is 2.92 bits per heavy atom. The van der Waals surface area contributed by atoms with Crippen LogP contribution in [0.4, 0.5) is 11.4 Å². The fourth-order valence-corrected chi connectivity index (χ4v) is 3.38. The first-order valence-corrected chi connectivity index (χ1v) is 8.27. The largest absolute Gasteiger partial charge is 0.321 e. The Hall–Kier alpha value is -3.15. The Morgan fingerprint density at radius 1 is 1.28 bits per heavy atom. The third-order valence-corrected chi connectivity index (χ3v) is 4.51. The minimum atomic E-state index is -0.215. The van der Waals surface area contributed by atoms with Crippen LogP contribution in [0.3, 0.4) is 0 Å². The van der Waals surface area contributed by atoms with E-state index in [2.05, 4.69) is 10.3 Å². The second-order valence-corrected chi connectivity index (χ2v) is 6.09. The molecule has 0 atom stereocenters. The highest BCUT2D eigenvalue weighted by Crippen LogP contribution is 2.31. The molecule has 0 radical (unpaired) electrons. The lowest BCUT2D eigenvalue weighted by Gasteiger charge is -2.15. The Labute approximate surface area is 145 Å². The first-order chi connectivity index (χ1) is 12.1. The zero-order valence-corrected chi connectivity index (χ0v) is 14.1. The van der Waals surface area contributed by atoms with Crippen molar-refractivity contribution in [2.75, 3.05) is 16.8 Å². The SMILES string of the molecule is CCN1C(=O)Cc2cc(NC(=O)c3c(C)nc4ccccn34)ccc21. The number of anilines is 2. The molecule has 0 fully saturated rings. The van der Waals surface area contributed by atoms with Crippen LogP contribution in [0.1, 0.15) is 28.7 Å². The predicted octanol–water partition coefficient (Wildman–Crippen LogP) is 2.80. The van der Waals surface area contributed by atoms with E-state index in [1.807, 2.05) is 56.4 Å². The number of nitrogens with one attached hydrogen (secondary N) is 1. The lowest BCUT2D eigenvalue weighted by molar-refractivity contribution is -0.117. The van der Waals surface area contributed by atoms with E-state index in [0.29, 0.717) is 30.0 Å². The monoisotopic (exact) mass is 334 g/mol. The zero-order chi connectivity index (χ0) is 17.6. The number of amides is 2. The van der Waals surface area contributed by atoms with Crippen LogP contribution in [0.5, 0.6) is 0 Å². The highest BCUT2D eigenvalue weighted by molar-refractivity contribution is 6.06. The number of nitrogens with zero attached hydrogens (tertiary/aromatic N) is 3. The number of benzene rings is 1. The van der Waals surface area contributed by atoms with Crippen LogP contribution in [0, 0.1) is 6.92 Å². The van der Waals surface area contributed by atoms with E-state index in [1.54, 1.807) is 9.30 Å². The Morgan fingerprint density at radius 2 is 2.12 bits per heavy atom. The minimum absolute atomic E-state index is 0.0959. The van der Waals surface area contributed by atoms with Gasteiger partial charge in [-0.1, -0.05) is 6.07 Å². The molecule has 3 aromatic rings. The molecule has 2 aromatic heterocycles. The van der Waals surface area contributed by atoms with Gasteiger partial charge in [0.15, 0.2) is 0 Å². The summed E-state index contributed by atoms with van der Waals surface area (Å²) in [6, 6.07) is 11.2. The summed E-state index contributed by atoms with van der Waals surface area (Å²) >= 11 is 0. The molecule has 4 rings (SSSR count). The molecular weight excluding hydrogens is 316 g/mol. The van der Waals surface area contributed by atoms with Gasteiger partial charge in [-0.3, -0.25) is 14.0 Å². The van der Waals surface area contributed by atoms with Crippen LogP contribution < -0.4 is 10.2 Å². The number of hydrogen-bond acceptors (Lipinski definition) is 3. The highest BCUT2D eigenvalue weighted by atomic mass is 16.2. The van der Waals surface area contributed by atoms with Crippen LogP contribution in [0.15, 0.2) is 42.6 Å². The molecule has 6 heteroatoms. The molecule has 0 aliphatic carbocycles. The van der Waals surface area contributed by atoms with Crippen molar-refractivity contribution in [2.24, 2.45) is 0 Å². The van der Waals surface area contributed by atoms with Crippen molar-refractivity contribution >= 4 is 28.8 Å². The standard InChI is InChI=1S/C19H18N4O2/c1-3-22-15-8-7-14(10-13(15)11-17(22)24)21-19(25)18-12(2)20-16-6-4-5-9-23(16)18/h4-10H,3,11H2,1-2H3,(H,21,25). The molecule has 1 aliphatic rings. The summed E-state index contributed by atoms with van der Waals surface area (Å²) in [5.41, 5.74) is 4.48. The molecular formula is C19H18N4O2. The van der Waals surface area contributed by atoms with Crippen LogP contribution in [-0.4, -0.2) is 27.7 Å². The molecule has 1 aliphatic heterocycles. The summed E-state index contributed by atoms with van der Waals surface area (Å²) in [4.78, 5) is 30.9. The lowest BCUT2D eigenvalue weighted by Crippen LogP contribution is -2.25. The Kier molecular flexibility index (Phi) is 3.53. The zero-order valence-electron chi connectivity index (χ0n) is 14.1. The van der Waals surface area contributed by atoms with Crippen LogP contribution in [0.2, 0.25) is 0 Å². The molecule has 0 unspecified atom stereocenters. The molecule has 1 aromatic carbocycles. The van der Waals surface area contributed by atoms with Gasteiger partial charge in [-0.05, 0) is 49.7 Å². The molecule has 126 valence electrons. The molecule has 0 spiro atoms. The summed E-state index contributed by atoms with van der Waals surface area (Å²) in [6.07, 6.45) is 2.20. The first kappa shape index (κ1) is 15.4. The number of pyridine rings is 1. The summed E-state index contributed by atoms with van der Waals surface area (Å²) in [5, 5.41) is 2.93. The second-order valence-electron chi connectivity index (χ2n) is 6.09. The van der Waals surface area contributed by atoms with E-state index in [-0.39, 0.29) is 11.8 Å². The second kappa shape index (κ2) is 5.73. The summed E-state index contributed by atoms with van der Waals surface area (Å²) in [7, 11) is 0. The van der Waals surface area contributed by atoms with Crippen molar-refractivity contribution in [3.63, 3.8) is 0 Å². The number of imidazole rings is 1. The van der Waals surface area contributed by atoms with Crippen LogP contribution >= 0.6 is 0 Å². The van der Waals surface area contributed by atoms with E-state index in [4.69, 9.17) is 0 Å². The molecule has 25 heavy (non-hydrogen) atoms. The van der Waals surface area contributed by atoms with Gasteiger partial charge in [-0.15, -0.1) is 0 Å². The van der Waals surface area contributed by atoms with E-state index < -0.39 is 0 Å². The van der Waals surface area contributed by atoms with Gasteiger partial charge in [-0.25, -0.2) is 4.98 Å². The average molecular weight is 334 g/mol. The van der Waals surface area contributed by atoms with Crippen molar-refractivity contribution in [1.82, 2.24) is 9.38 Å². The van der Waals surface area contributed by atoms with Gasteiger partial charge in [0.2, 0.25) is 5.91 Å². The molecule has 2 amide bonds. The van der Waals surface area contributed by atoms with Crippen molar-refractivity contribution in [3.8, 4) is 0 Å². The lowest BCUT2D eigenvalue weighted by atomic mass is 10.1. The van der Waals surface area contributed by atoms with E-state index >= 15 is 0 Å². The quantitative estimate of drug-likeness (QED) is 0.801. The van der Waals surface area contributed by atoms with Gasteiger partial charge in [0.25, 0.3) is 5.91 Å². The predicted molar refractivity (Wildman–Crippen MR) is 96.1 cm³/mol. The Balaban J connectivity index is 1.65. The van der Waals surface area contributed by atoms with E-state index in [9.17, 15) is 9.59 Å². The maximum atomic E-state index is 12.7. The number of fused-ring (bicyclic) bond motifs is 2. The average Bonchev–Trinajstić information content (AvgIpc) is 3.09. The third-order valence-electron chi connectivity index (χ3n) is 4.51. The fraction of sp³-hybridized carbons (Fsp3) is 0.211. The van der Waals surface area contributed by atoms with Gasteiger partial charge >= 0.3 is 0 Å². The van der Waals surface area contributed by atoms with Gasteiger partial charge in [-0.2, -0.15) is 0 Å². The Bertz CT molecular complexity index is 1010. The van der Waals surface area contributed by atoms with Crippen molar-refractivity contribution in [3.05, 3.63) is 59.5 Å². The molecule has 0 saturated heterocycles. The smallest absolute Gasteiger partial charge is 0.274 e. The summed E-state index contributed by atoms with van der Waals surface area (Å²) < 4.78 is 1.78. The maximum Gasteiger partial charge on any atom is 0.274 e. The summed E-state index contributed by atoms with van der Waals surface area (Å²) in [6.45, 7) is 4.43. The van der Waals surface area contributed by atoms with Gasteiger partial charge in [0.1, 0.15) is 11.3 Å². The summed E-state index contributed by atoms with van der Waals surface area (Å²) in [5.74, 6) is -0.119. The van der Waals surface area contributed by atoms with Crippen LogP contribution in [-0.2, 0) is 11.2 Å². The first-order valence-electron chi connectivity index (χ1n) is 8.27. The topological polar surface area (TPSA) is 66.7 Å². The third kappa shape index (κ3) is 2.46. The number of likely N-dealkylation sites (N-methyl/N-ethyl adjacent to an activating group) is 1.